The Morgan fingerprint density at radius 3 is 2.33 bits per heavy atom. The molecule has 0 aromatic rings. The third kappa shape index (κ3) is 1.46. The molecule has 0 atom stereocenters. The zero-order chi connectivity index (χ0) is 4.99. The molecule has 0 saturated heterocycles. The Bertz CT molecular complexity index is 76.9. The van der Waals surface area contributed by atoms with Gasteiger partial charge in [0.25, 0.3) is 0 Å². The Labute approximate surface area is 33.9 Å². The van der Waals surface area contributed by atoms with Gasteiger partial charge in [-0.2, -0.15) is 0 Å². The van der Waals surface area contributed by atoms with Crippen LogP contribution >= 0.6 is 0 Å². The summed E-state index contributed by atoms with van der Waals surface area (Å²) in [5.74, 6) is -1.27. The van der Waals surface area contributed by atoms with Crippen LogP contribution in [-0.2, 0) is 4.79 Å². The first-order chi connectivity index (χ1) is 2.81. The van der Waals surface area contributed by atoms with Gasteiger partial charge >= 0.3 is 0 Å². The summed E-state index contributed by atoms with van der Waals surface area (Å²) in [6.45, 7) is 0. The van der Waals surface area contributed by atoms with Crippen molar-refractivity contribution in [3.8, 4) is 0 Å². The summed E-state index contributed by atoms with van der Waals surface area (Å²) in [5, 5.41) is 9.09. The van der Waals surface area contributed by atoms with Crippen molar-refractivity contribution in [1.29, 1.82) is 0 Å². The zero-order valence-corrected chi connectivity index (χ0v) is 2.85. The molecule has 0 spiro atoms. The van der Waals surface area contributed by atoms with Gasteiger partial charge in [-0.3, -0.25) is 4.79 Å². The standard InChI is InChI=1S/C3H3FO2/c4-3(1-5)2-6/h1-2,5H/p-1. The average Bonchev–Trinajstić information content (AvgIpc) is 1.65. The number of aldehydes is 1. The molecule has 2 nitrogen and oxygen atoms in total. The quantitative estimate of drug-likeness (QED) is 0.243. The van der Waals surface area contributed by atoms with Crippen molar-refractivity contribution in [3.05, 3.63) is 12.1 Å². The van der Waals surface area contributed by atoms with Crippen molar-refractivity contribution < 1.29 is 14.3 Å². The first kappa shape index (κ1) is 5.14. The first-order valence-electron chi connectivity index (χ1n) is 1.24. The van der Waals surface area contributed by atoms with Gasteiger partial charge in [0.1, 0.15) is 5.83 Å². The summed E-state index contributed by atoms with van der Waals surface area (Å²) in [7, 11) is 0. The molecule has 0 radical (unpaired) electrons. The van der Waals surface area contributed by atoms with Crippen LogP contribution in [0.15, 0.2) is 12.1 Å². The van der Waals surface area contributed by atoms with E-state index < -0.39 is 5.83 Å². The van der Waals surface area contributed by atoms with Gasteiger partial charge in [-0.15, -0.1) is 6.26 Å². The molecular formula is C3H2FO2-. The predicted octanol–water partition coefficient (Wildman–Crippen LogP) is -0.644. The highest BCUT2D eigenvalue weighted by Gasteiger charge is 1.75. The van der Waals surface area contributed by atoms with Gasteiger partial charge in [0.15, 0.2) is 6.29 Å². The zero-order valence-electron chi connectivity index (χ0n) is 2.85. The Hall–Kier alpha value is -0.860. The van der Waals surface area contributed by atoms with E-state index in [9.17, 15) is 4.39 Å². The van der Waals surface area contributed by atoms with Crippen LogP contribution in [-0.4, -0.2) is 6.29 Å². The molecule has 0 rings (SSSR count). The van der Waals surface area contributed by atoms with Crippen LogP contribution in [0, 0.1) is 0 Å². The molecule has 0 aliphatic carbocycles. The Kier molecular flexibility index (Phi) is 2.04. The number of allylic oxidation sites excluding steroid dienone is 1. The van der Waals surface area contributed by atoms with E-state index in [1.165, 1.54) is 0 Å². The van der Waals surface area contributed by atoms with E-state index in [2.05, 4.69) is 0 Å². The van der Waals surface area contributed by atoms with Crippen molar-refractivity contribution in [1.82, 2.24) is 0 Å². The smallest absolute Gasteiger partial charge is 0.177 e. The van der Waals surface area contributed by atoms with Gasteiger partial charge in [-0.05, 0) is 0 Å². The highest BCUT2D eigenvalue weighted by atomic mass is 19.1. The lowest BCUT2D eigenvalue weighted by Gasteiger charge is -1.82. The summed E-state index contributed by atoms with van der Waals surface area (Å²) in [4.78, 5) is 9.09. The summed E-state index contributed by atoms with van der Waals surface area (Å²) >= 11 is 0. The van der Waals surface area contributed by atoms with E-state index in [0.29, 0.717) is 0 Å². The molecule has 6 heavy (non-hydrogen) atoms. The number of hydrogen-bond donors (Lipinski definition) is 0. The summed E-state index contributed by atoms with van der Waals surface area (Å²) in [6, 6.07) is 0. The van der Waals surface area contributed by atoms with E-state index in [1.807, 2.05) is 0 Å². The van der Waals surface area contributed by atoms with E-state index in [4.69, 9.17) is 9.90 Å². The minimum Gasteiger partial charge on any atom is -0.876 e. The van der Waals surface area contributed by atoms with Gasteiger partial charge < -0.3 is 5.11 Å². The molecule has 0 aromatic heterocycles. The van der Waals surface area contributed by atoms with Crippen LogP contribution < -0.4 is 5.11 Å². The van der Waals surface area contributed by atoms with Crippen LogP contribution in [0.4, 0.5) is 4.39 Å². The number of rotatable bonds is 1. The van der Waals surface area contributed by atoms with Crippen LogP contribution in [0.2, 0.25) is 0 Å². The highest BCUT2D eigenvalue weighted by Crippen LogP contribution is 1.81. The molecule has 0 aromatic carbocycles. The molecule has 0 aliphatic heterocycles. The molecule has 0 fully saturated rings. The maximum atomic E-state index is 11.0. The monoisotopic (exact) mass is 89.0 g/mol. The van der Waals surface area contributed by atoms with E-state index in [1.54, 1.807) is 0 Å². The maximum absolute atomic E-state index is 11.0. The van der Waals surface area contributed by atoms with Crippen molar-refractivity contribution >= 4 is 6.29 Å². The van der Waals surface area contributed by atoms with Gasteiger partial charge in [0.05, 0.1) is 0 Å². The number of halogens is 1. The van der Waals surface area contributed by atoms with Gasteiger partial charge in [0.2, 0.25) is 0 Å². The molecule has 0 unspecified atom stereocenters. The van der Waals surface area contributed by atoms with Crippen molar-refractivity contribution in [2.45, 2.75) is 0 Å². The maximum Gasteiger partial charge on any atom is 0.177 e. The Balaban J connectivity index is 3.50. The third-order valence-corrected chi connectivity index (χ3v) is 0.225. The number of carbonyl (C=O) groups is 1. The highest BCUT2D eigenvalue weighted by molar-refractivity contribution is 5.68. The average molecular weight is 89.0 g/mol. The molecule has 0 bridgehead atoms. The van der Waals surface area contributed by atoms with Crippen molar-refractivity contribution in [3.63, 3.8) is 0 Å². The van der Waals surface area contributed by atoms with Crippen LogP contribution in [0.3, 0.4) is 0 Å². The molecule has 3 heteroatoms. The molecule has 0 aliphatic rings. The molecule has 0 saturated carbocycles. The molecule has 34 valence electrons. The summed E-state index contributed by atoms with van der Waals surface area (Å²) < 4.78 is 11.0. The summed E-state index contributed by atoms with van der Waals surface area (Å²) in [5.41, 5.74) is 0. The molecule has 0 heterocycles. The van der Waals surface area contributed by atoms with Crippen molar-refractivity contribution in [2.24, 2.45) is 0 Å². The second kappa shape index (κ2) is 2.38. The van der Waals surface area contributed by atoms with Crippen LogP contribution in [0.1, 0.15) is 0 Å². The van der Waals surface area contributed by atoms with Crippen LogP contribution in [0.25, 0.3) is 0 Å². The fourth-order valence-corrected chi connectivity index (χ4v) is 0.0278. The van der Waals surface area contributed by atoms with E-state index in [0.717, 1.165) is 0 Å². The minimum absolute atomic E-state index is 0.146. The normalized spacial score (nSPS) is 11.2. The molecular weight excluding hydrogens is 87.0 g/mol. The molecule has 0 N–H and O–H groups in total. The fraction of sp³-hybridized carbons (Fsp3) is 0. The predicted molar refractivity (Wildman–Crippen MR) is 15.3 cm³/mol. The molecule has 0 amide bonds. The van der Waals surface area contributed by atoms with Gasteiger partial charge in [-0.1, -0.05) is 0 Å². The van der Waals surface area contributed by atoms with Gasteiger partial charge in [-0.25, -0.2) is 4.39 Å². The lowest BCUT2D eigenvalue weighted by atomic mass is 10.7. The third-order valence-electron chi connectivity index (χ3n) is 0.225. The Morgan fingerprint density at radius 1 is 1.83 bits per heavy atom. The minimum atomic E-state index is -1.27. The largest absolute Gasteiger partial charge is 0.876 e. The summed E-state index contributed by atoms with van der Waals surface area (Å²) in [6.07, 6.45) is -0.292. The SMILES string of the molecule is O=CC(F)=C[O-]. The van der Waals surface area contributed by atoms with Gasteiger partial charge in [0, 0.05) is 0 Å². The lowest BCUT2D eigenvalue weighted by molar-refractivity contribution is -0.277. The lowest BCUT2D eigenvalue weighted by Crippen LogP contribution is -1.88. The topological polar surface area (TPSA) is 40.1 Å². The fourth-order valence-electron chi connectivity index (χ4n) is 0.0278. The van der Waals surface area contributed by atoms with Crippen molar-refractivity contribution in [2.75, 3.05) is 0 Å². The van der Waals surface area contributed by atoms with Crippen LogP contribution in [0.5, 0.6) is 0 Å². The first-order valence-corrected chi connectivity index (χ1v) is 1.24. The number of carbonyl (C=O) groups excluding carboxylic acids is 1. The second-order valence-electron chi connectivity index (χ2n) is 0.621. The Morgan fingerprint density at radius 2 is 2.33 bits per heavy atom. The van der Waals surface area contributed by atoms with E-state index in [-0.39, 0.29) is 12.5 Å². The number of hydrogen-bond acceptors (Lipinski definition) is 2. The second-order valence-corrected chi connectivity index (χ2v) is 0.621. The van der Waals surface area contributed by atoms with E-state index >= 15 is 0 Å².